The Morgan fingerprint density at radius 2 is 2.00 bits per heavy atom. The molecule has 0 aliphatic rings. The first-order valence-corrected chi connectivity index (χ1v) is 5.62. The van der Waals surface area contributed by atoms with E-state index in [2.05, 4.69) is 10.1 Å². The van der Waals surface area contributed by atoms with E-state index >= 15 is 0 Å². The molecule has 0 aliphatic carbocycles. The fraction of sp³-hybridized carbons (Fsp3) is 0.667. The number of ether oxygens (including phenoxy) is 1. The van der Waals surface area contributed by atoms with Crippen LogP contribution < -0.4 is 5.32 Å². The molecular weight excluding hydrogens is 234 g/mol. The minimum absolute atomic E-state index is 0.116. The largest absolute Gasteiger partial charge is 0.480 e. The number of thioether (sulfide) groups is 1. The topological polar surface area (TPSA) is 92.7 Å². The number of hydrogen-bond acceptors (Lipinski definition) is 5. The quantitative estimate of drug-likeness (QED) is 0.637. The Labute approximate surface area is 97.7 Å². The first-order valence-electron chi connectivity index (χ1n) is 4.57. The smallest absolute Gasteiger partial charge is 0.327 e. The standard InChI is InChI=1S/C9H15NO5S/c1-5(9(14)15-3)16-4-7(8(12)13)10-6(2)11/h5,7H,4H2,1-3H3,(H,10,11)(H,12,13). The summed E-state index contributed by atoms with van der Waals surface area (Å²) in [6.45, 7) is 2.85. The number of carboxylic acid groups (broad SMARTS) is 1. The lowest BCUT2D eigenvalue weighted by molar-refractivity contribution is -0.141. The van der Waals surface area contributed by atoms with Crippen LogP contribution in [0.25, 0.3) is 0 Å². The van der Waals surface area contributed by atoms with E-state index < -0.39 is 29.1 Å². The second-order valence-electron chi connectivity index (χ2n) is 3.09. The Morgan fingerprint density at radius 3 is 2.38 bits per heavy atom. The molecule has 0 radical (unpaired) electrons. The molecule has 0 aromatic carbocycles. The maximum atomic E-state index is 11.0. The van der Waals surface area contributed by atoms with Crippen LogP contribution in [0.1, 0.15) is 13.8 Å². The number of amides is 1. The maximum absolute atomic E-state index is 11.0. The van der Waals surface area contributed by atoms with Gasteiger partial charge < -0.3 is 15.2 Å². The van der Waals surface area contributed by atoms with Crippen molar-refractivity contribution in [3.05, 3.63) is 0 Å². The molecular formula is C9H15NO5S. The normalized spacial score (nSPS) is 13.7. The van der Waals surface area contributed by atoms with Crippen molar-refractivity contribution in [2.75, 3.05) is 12.9 Å². The number of carboxylic acids is 1. The van der Waals surface area contributed by atoms with Crippen LogP contribution >= 0.6 is 11.8 Å². The van der Waals surface area contributed by atoms with Crippen LogP contribution in [0.3, 0.4) is 0 Å². The molecule has 0 saturated carbocycles. The molecule has 7 heteroatoms. The summed E-state index contributed by atoms with van der Waals surface area (Å²) in [5.41, 5.74) is 0. The summed E-state index contributed by atoms with van der Waals surface area (Å²) in [5, 5.41) is 10.6. The van der Waals surface area contributed by atoms with E-state index in [0.29, 0.717) is 0 Å². The van der Waals surface area contributed by atoms with Gasteiger partial charge in [0, 0.05) is 12.7 Å². The molecule has 0 fully saturated rings. The SMILES string of the molecule is COC(=O)C(C)SCC(NC(C)=O)C(=O)O. The molecule has 92 valence electrons. The minimum Gasteiger partial charge on any atom is -0.480 e. The second-order valence-corrected chi connectivity index (χ2v) is 4.46. The van der Waals surface area contributed by atoms with Crippen molar-refractivity contribution in [1.82, 2.24) is 5.32 Å². The van der Waals surface area contributed by atoms with Crippen LogP contribution in [0.2, 0.25) is 0 Å². The van der Waals surface area contributed by atoms with E-state index in [1.54, 1.807) is 6.92 Å². The summed E-state index contributed by atoms with van der Waals surface area (Å²) in [7, 11) is 1.27. The minimum atomic E-state index is -1.13. The molecule has 0 rings (SSSR count). The van der Waals surface area contributed by atoms with Gasteiger partial charge in [0.05, 0.1) is 12.4 Å². The van der Waals surface area contributed by atoms with Crippen molar-refractivity contribution in [1.29, 1.82) is 0 Å². The number of carbonyl (C=O) groups is 3. The van der Waals surface area contributed by atoms with Gasteiger partial charge in [-0.15, -0.1) is 11.8 Å². The first kappa shape index (κ1) is 14.8. The molecule has 0 aromatic heterocycles. The van der Waals surface area contributed by atoms with Gasteiger partial charge >= 0.3 is 11.9 Å². The summed E-state index contributed by atoms with van der Waals surface area (Å²) < 4.78 is 4.49. The van der Waals surface area contributed by atoms with E-state index in [1.165, 1.54) is 14.0 Å². The molecule has 2 atom stereocenters. The van der Waals surface area contributed by atoms with Crippen LogP contribution in [-0.2, 0) is 19.1 Å². The van der Waals surface area contributed by atoms with Crippen molar-refractivity contribution in [3.8, 4) is 0 Å². The Balaban J connectivity index is 4.16. The summed E-state index contributed by atoms with van der Waals surface area (Å²) in [6.07, 6.45) is 0. The van der Waals surface area contributed by atoms with Gasteiger partial charge in [0.25, 0.3) is 0 Å². The number of carbonyl (C=O) groups excluding carboxylic acids is 2. The van der Waals surface area contributed by atoms with Gasteiger partial charge in [0.1, 0.15) is 6.04 Å². The number of hydrogen-bond donors (Lipinski definition) is 2. The number of esters is 1. The van der Waals surface area contributed by atoms with Gasteiger partial charge in [-0.25, -0.2) is 4.79 Å². The van der Waals surface area contributed by atoms with Crippen LogP contribution in [0.4, 0.5) is 0 Å². The van der Waals surface area contributed by atoms with Gasteiger partial charge in [-0.1, -0.05) is 0 Å². The number of methoxy groups -OCH3 is 1. The summed E-state index contributed by atoms with van der Waals surface area (Å²) in [4.78, 5) is 32.5. The molecule has 2 unspecified atom stereocenters. The highest BCUT2D eigenvalue weighted by Gasteiger charge is 2.22. The van der Waals surface area contributed by atoms with E-state index in [-0.39, 0.29) is 5.75 Å². The predicted octanol–water partition coefficient (Wildman–Crippen LogP) is -0.130. The summed E-state index contributed by atoms with van der Waals surface area (Å²) >= 11 is 1.12. The molecule has 0 heterocycles. The van der Waals surface area contributed by atoms with Crippen LogP contribution in [0.15, 0.2) is 0 Å². The Kier molecular flexibility index (Phi) is 6.55. The average molecular weight is 249 g/mol. The molecule has 1 amide bonds. The first-order chi connectivity index (χ1) is 7.38. The van der Waals surface area contributed by atoms with Crippen LogP contribution in [0, 0.1) is 0 Å². The lowest BCUT2D eigenvalue weighted by atomic mass is 10.3. The lowest BCUT2D eigenvalue weighted by Gasteiger charge is -2.14. The van der Waals surface area contributed by atoms with Crippen LogP contribution in [-0.4, -0.2) is 47.1 Å². The van der Waals surface area contributed by atoms with Crippen molar-refractivity contribution in [3.63, 3.8) is 0 Å². The summed E-state index contributed by atoms with van der Waals surface area (Å²) in [5.74, 6) is -1.85. The molecule has 16 heavy (non-hydrogen) atoms. The van der Waals surface area contributed by atoms with Gasteiger partial charge in [0.2, 0.25) is 5.91 Å². The number of aliphatic carboxylic acids is 1. The Morgan fingerprint density at radius 1 is 1.44 bits per heavy atom. The van der Waals surface area contributed by atoms with Gasteiger partial charge in [-0.2, -0.15) is 0 Å². The Bertz CT molecular complexity index is 281. The molecule has 0 aliphatic heterocycles. The molecule has 0 spiro atoms. The van der Waals surface area contributed by atoms with Crippen molar-refractivity contribution < 1.29 is 24.2 Å². The second kappa shape index (κ2) is 7.10. The third-order valence-corrected chi connectivity index (χ3v) is 2.94. The van der Waals surface area contributed by atoms with Crippen molar-refractivity contribution >= 4 is 29.6 Å². The van der Waals surface area contributed by atoms with E-state index in [9.17, 15) is 14.4 Å². The highest BCUT2D eigenvalue weighted by atomic mass is 32.2. The third-order valence-electron chi connectivity index (χ3n) is 1.72. The molecule has 2 N–H and O–H groups in total. The van der Waals surface area contributed by atoms with E-state index in [1.807, 2.05) is 0 Å². The third kappa shape index (κ3) is 5.59. The fourth-order valence-electron chi connectivity index (χ4n) is 0.895. The van der Waals surface area contributed by atoms with E-state index in [4.69, 9.17) is 5.11 Å². The predicted molar refractivity (Wildman–Crippen MR) is 59.2 cm³/mol. The zero-order valence-corrected chi connectivity index (χ0v) is 10.2. The maximum Gasteiger partial charge on any atom is 0.327 e. The summed E-state index contributed by atoms with van der Waals surface area (Å²) in [6, 6.07) is -0.991. The van der Waals surface area contributed by atoms with Gasteiger partial charge in [0.15, 0.2) is 0 Å². The molecule has 0 bridgehead atoms. The fourth-order valence-corrected chi connectivity index (χ4v) is 1.83. The van der Waals surface area contributed by atoms with Crippen LogP contribution in [0.5, 0.6) is 0 Å². The Hall–Kier alpha value is -1.24. The lowest BCUT2D eigenvalue weighted by Crippen LogP contribution is -2.42. The molecule has 0 saturated heterocycles. The van der Waals surface area contributed by atoms with Gasteiger partial charge in [-0.05, 0) is 6.92 Å². The van der Waals surface area contributed by atoms with Gasteiger partial charge in [-0.3, -0.25) is 9.59 Å². The monoisotopic (exact) mass is 249 g/mol. The highest BCUT2D eigenvalue weighted by molar-refractivity contribution is 8.00. The van der Waals surface area contributed by atoms with Crippen molar-refractivity contribution in [2.45, 2.75) is 25.1 Å². The zero-order valence-electron chi connectivity index (χ0n) is 9.35. The molecule has 6 nitrogen and oxygen atoms in total. The zero-order chi connectivity index (χ0) is 12.7. The number of nitrogens with one attached hydrogen (secondary N) is 1. The molecule has 0 aromatic rings. The average Bonchev–Trinajstić information content (AvgIpc) is 2.21. The van der Waals surface area contributed by atoms with Crippen molar-refractivity contribution in [2.24, 2.45) is 0 Å². The van der Waals surface area contributed by atoms with E-state index in [0.717, 1.165) is 11.8 Å². The highest BCUT2D eigenvalue weighted by Crippen LogP contribution is 2.13. The number of rotatable bonds is 6.